The highest BCUT2D eigenvalue weighted by Crippen LogP contribution is 2.19. The van der Waals surface area contributed by atoms with Crippen molar-refractivity contribution in [1.29, 1.82) is 0 Å². The van der Waals surface area contributed by atoms with Crippen molar-refractivity contribution in [2.24, 2.45) is 4.99 Å². The van der Waals surface area contributed by atoms with Gasteiger partial charge >= 0.3 is 0 Å². The van der Waals surface area contributed by atoms with Gasteiger partial charge in [-0.15, -0.1) is 24.0 Å². The topological polar surface area (TPSA) is 84.6 Å². The Bertz CT molecular complexity index is 947. The first kappa shape index (κ1) is 23.9. The van der Waals surface area contributed by atoms with Crippen molar-refractivity contribution in [1.82, 2.24) is 20.8 Å². The molecule has 0 spiro atoms. The molecule has 1 aromatic heterocycles. The van der Waals surface area contributed by atoms with Gasteiger partial charge in [0.25, 0.3) is 0 Å². The van der Waals surface area contributed by atoms with Crippen molar-refractivity contribution in [2.75, 3.05) is 27.2 Å². The van der Waals surface area contributed by atoms with E-state index in [1.807, 2.05) is 36.4 Å². The lowest BCUT2D eigenvalue weighted by Gasteiger charge is -2.11. The van der Waals surface area contributed by atoms with E-state index in [1.54, 1.807) is 14.2 Å². The molecule has 0 aliphatic heterocycles. The van der Waals surface area contributed by atoms with Crippen LogP contribution in [0.2, 0.25) is 5.02 Å². The Hall–Kier alpha value is -2.33. The van der Waals surface area contributed by atoms with E-state index >= 15 is 0 Å². The second-order valence-corrected chi connectivity index (χ2v) is 6.73. The molecule has 2 aromatic carbocycles. The number of methoxy groups -OCH3 is 1. The third-order valence-electron chi connectivity index (χ3n) is 4.27. The number of hydrogen-bond donors (Lipinski definition) is 2. The molecule has 9 heteroatoms. The van der Waals surface area contributed by atoms with Crippen LogP contribution in [-0.2, 0) is 12.8 Å². The van der Waals surface area contributed by atoms with Crippen molar-refractivity contribution in [3.63, 3.8) is 0 Å². The van der Waals surface area contributed by atoms with Gasteiger partial charge in [0, 0.05) is 37.1 Å². The quantitative estimate of drug-likeness (QED) is 0.255. The minimum absolute atomic E-state index is 0. The molecule has 0 amide bonds. The molecule has 0 saturated carbocycles. The first-order valence-corrected chi connectivity index (χ1v) is 9.71. The fraction of sp³-hybridized carbons (Fsp3) is 0.286. The summed E-state index contributed by atoms with van der Waals surface area (Å²) in [6.45, 7) is 1.39. The number of guanidine groups is 1. The second kappa shape index (κ2) is 12.4. The number of halogens is 2. The molecule has 0 aliphatic carbocycles. The monoisotopic (exact) mass is 541 g/mol. The number of nitrogens with zero attached hydrogens (tertiary/aromatic N) is 3. The Balaban J connectivity index is 0.00000320. The molecule has 2 N–H and O–H groups in total. The maximum atomic E-state index is 6.01. The van der Waals surface area contributed by atoms with Crippen LogP contribution in [0.5, 0.6) is 5.75 Å². The van der Waals surface area contributed by atoms with Crippen LogP contribution in [0.4, 0.5) is 0 Å². The normalized spacial score (nSPS) is 11.0. The SMILES string of the molecule is CN=C(NCCc1ccc(OC)cc1)NCCc1nc(-c2cccc(Cl)c2)no1.I. The number of rotatable bonds is 8. The zero-order valence-electron chi connectivity index (χ0n) is 16.9. The van der Waals surface area contributed by atoms with Crippen molar-refractivity contribution in [2.45, 2.75) is 12.8 Å². The molecule has 160 valence electrons. The molecule has 30 heavy (non-hydrogen) atoms. The molecular formula is C21H25ClIN5O2. The summed E-state index contributed by atoms with van der Waals surface area (Å²) >= 11 is 6.01. The Morgan fingerprint density at radius 3 is 2.50 bits per heavy atom. The molecule has 0 radical (unpaired) electrons. The lowest BCUT2D eigenvalue weighted by Crippen LogP contribution is -2.39. The average molecular weight is 542 g/mol. The summed E-state index contributed by atoms with van der Waals surface area (Å²) in [5.74, 6) is 2.68. The van der Waals surface area contributed by atoms with E-state index in [2.05, 4.69) is 37.9 Å². The van der Waals surface area contributed by atoms with Crippen LogP contribution in [0.1, 0.15) is 11.5 Å². The van der Waals surface area contributed by atoms with Gasteiger partial charge in [-0.3, -0.25) is 4.99 Å². The molecule has 0 unspecified atom stereocenters. The minimum Gasteiger partial charge on any atom is -0.497 e. The summed E-state index contributed by atoms with van der Waals surface area (Å²) in [7, 11) is 3.41. The van der Waals surface area contributed by atoms with Crippen LogP contribution in [0.3, 0.4) is 0 Å². The van der Waals surface area contributed by atoms with Crippen LogP contribution in [-0.4, -0.2) is 43.3 Å². The largest absolute Gasteiger partial charge is 0.497 e. The highest BCUT2D eigenvalue weighted by molar-refractivity contribution is 14.0. The van der Waals surface area contributed by atoms with Gasteiger partial charge in [-0.1, -0.05) is 41.0 Å². The van der Waals surface area contributed by atoms with E-state index in [1.165, 1.54) is 5.56 Å². The maximum absolute atomic E-state index is 6.01. The van der Waals surface area contributed by atoms with Gasteiger partial charge in [-0.2, -0.15) is 4.98 Å². The van der Waals surface area contributed by atoms with Gasteiger partial charge in [0.2, 0.25) is 11.7 Å². The van der Waals surface area contributed by atoms with E-state index in [9.17, 15) is 0 Å². The summed E-state index contributed by atoms with van der Waals surface area (Å²) in [6, 6.07) is 15.4. The Morgan fingerprint density at radius 2 is 1.83 bits per heavy atom. The van der Waals surface area contributed by atoms with Gasteiger partial charge in [0.05, 0.1) is 7.11 Å². The Labute approximate surface area is 198 Å². The fourth-order valence-electron chi connectivity index (χ4n) is 2.73. The predicted molar refractivity (Wildman–Crippen MR) is 130 cm³/mol. The zero-order chi connectivity index (χ0) is 20.5. The molecular weight excluding hydrogens is 517 g/mol. The van der Waals surface area contributed by atoms with Crippen LogP contribution >= 0.6 is 35.6 Å². The number of nitrogens with one attached hydrogen (secondary N) is 2. The van der Waals surface area contributed by atoms with E-state index in [0.717, 1.165) is 30.2 Å². The molecule has 0 bridgehead atoms. The zero-order valence-corrected chi connectivity index (χ0v) is 20.0. The first-order valence-electron chi connectivity index (χ1n) is 9.34. The van der Waals surface area contributed by atoms with Crippen LogP contribution in [0.15, 0.2) is 58.0 Å². The van der Waals surface area contributed by atoms with Gasteiger partial charge < -0.3 is 19.9 Å². The van der Waals surface area contributed by atoms with Crippen LogP contribution in [0, 0.1) is 0 Å². The first-order chi connectivity index (χ1) is 14.2. The molecule has 0 atom stereocenters. The number of aromatic nitrogens is 2. The molecule has 0 fully saturated rings. The molecule has 0 aliphatic rings. The minimum atomic E-state index is 0. The third-order valence-corrected chi connectivity index (χ3v) is 4.51. The van der Waals surface area contributed by atoms with Gasteiger partial charge in [0.15, 0.2) is 5.96 Å². The summed E-state index contributed by atoms with van der Waals surface area (Å²) < 4.78 is 10.5. The summed E-state index contributed by atoms with van der Waals surface area (Å²) in [6.07, 6.45) is 1.48. The summed E-state index contributed by atoms with van der Waals surface area (Å²) in [5, 5.41) is 11.2. The summed E-state index contributed by atoms with van der Waals surface area (Å²) in [5.41, 5.74) is 2.06. The molecule has 3 aromatic rings. The van der Waals surface area contributed by atoms with E-state index in [0.29, 0.717) is 29.7 Å². The Morgan fingerprint density at radius 1 is 1.10 bits per heavy atom. The predicted octanol–water partition coefficient (Wildman–Crippen LogP) is 3.97. The van der Waals surface area contributed by atoms with E-state index in [-0.39, 0.29) is 24.0 Å². The van der Waals surface area contributed by atoms with Crippen molar-refractivity contribution in [3.8, 4) is 17.1 Å². The van der Waals surface area contributed by atoms with Crippen molar-refractivity contribution < 1.29 is 9.26 Å². The third kappa shape index (κ3) is 7.17. The molecule has 1 heterocycles. The second-order valence-electron chi connectivity index (χ2n) is 6.30. The lowest BCUT2D eigenvalue weighted by atomic mass is 10.1. The maximum Gasteiger partial charge on any atom is 0.228 e. The van der Waals surface area contributed by atoms with E-state index < -0.39 is 0 Å². The van der Waals surface area contributed by atoms with Crippen molar-refractivity contribution in [3.05, 3.63) is 65.0 Å². The fourth-order valence-corrected chi connectivity index (χ4v) is 2.92. The van der Waals surface area contributed by atoms with Crippen LogP contribution in [0.25, 0.3) is 11.4 Å². The standard InChI is InChI=1S/C21H24ClN5O2.HI/c1-23-21(24-12-10-15-6-8-18(28-2)9-7-15)25-13-11-19-26-20(27-29-19)16-4-3-5-17(22)14-16;/h3-9,14H,10-13H2,1-2H3,(H2,23,24,25);1H. The Kier molecular flexibility index (Phi) is 9.88. The van der Waals surface area contributed by atoms with E-state index in [4.69, 9.17) is 20.9 Å². The number of aliphatic imine (C=N–C) groups is 1. The number of benzene rings is 2. The van der Waals surface area contributed by atoms with Crippen LogP contribution < -0.4 is 15.4 Å². The van der Waals surface area contributed by atoms with Gasteiger partial charge in [0.1, 0.15) is 5.75 Å². The smallest absolute Gasteiger partial charge is 0.228 e. The van der Waals surface area contributed by atoms with Crippen molar-refractivity contribution >= 4 is 41.5 Å². The molecule has 0 saturated heterocycles. The highest BCUT2D eigenvalue weighted by atomic mass is 127. The van der Waals surface area contributed by atoms with Gasteiger partial charge in [-0.05, 0) is 36.2 Å². The highest BCUT2D eigenvalue weighted by Gasteiger charge is 2.09. The summed E-state index contributed by atoms with van der Waals surface area (Å²) in [4.78, 5) is 8.65. The average Bonchev–Trinajstić information content (AvgIpc) is 3.22. The number of hydrogen-bond acceptors (Lipinski definition) is 5. The lowest BCUT2D eigenvalue weighted by molar-refractivity contribution is 0.378. The van der Waals surface area contributed by atoms with Gasteiger partial charge in [-0.25, -0.2) is 0 Å². The number of ether oxygens (including phenoxy) is 1. The molecule has 7 nitrogen and oxygen atoms in total. The molecule has 3 rings (SSSR count).